The van der Waals surface area contributed by atoms with Gasteiger partial charge in [0.15, 0.2) is 0 Å². The first-order valence-electron chi connectivity index (χ1n) is 5.69. The zero-order valence-electron chi connectivity index (χ0n) is 10.1. The molecule has 1 rings (SSSR count). The van der Waals surface area contributed by atoms with Crippen LogP contribution in [0.5, 0.6) is 0 Å². The number of hydrogen-bond acceptors (Lipinski definition) is 3. The third-order valence-corrected chi connectivity index (χ3v) is 2.92. The van der Waals surface area contributed by atoms with Crippen LogP contribution in [0, 0.1) is 5.41 Å². The zero-order valence-corrected chi connectivity index (χ0v) is 10.1. The highest BCUT2D eigenvalue weighted by atomic mass is 16.6. The number of aliphatic hydroxyl groups excluding tert-OH is 1. The maximum absolute atomic E-state index is 9.21. The fourth-order valence-electron chi connectivity index (χ4n) is 1.23. The fourth-order valence-corrected chi connectivity index (χ4v) is 1.23. The molecule has 0 saturated heterocycles. The van der Waals surface area contributed by atoms with E-state index < -0.39 is 0 Å². The smallest absolute Gasteiger partial charge is 0.0933 e. The Balaban J connectivity index is 2.22. The average Bonchev–Trinajstić information content (AvgIpc) is 2.36. The molecule has 3 heteroatoms. The maximum Gasteiger partial charge on any atom is 0.0933 e. The number of hydrogen-bond donors (Lipinski definition) is 2. The molecule has 1 aromatic carbocycles. The van der Waals surface area contributed by atoms with Crippen LogP contribution in [0.15, 0.2) is 30.3 Å². The van der Waals surface area contributed by atoms with E-state index >= 15 is 0 Å². The number of benzene rings is 1. The van der Waals surface area contributed by atoms with Gasteiger partial charge in [0.1, 0.15) is 0 Å². The number of hydroxylamine groups is 1. The van der Waals surface area contributed by atoms with Crippen LogP contribution in [0.4, 0.5) is 0 Å². The van der Waals surface area contributed by atoms with Crippen molar-refractivity contribution in [3.63, 3.8) is 0 Å². The number of nitrogens with one attached hydrogen (secondary N) is 1. The van der Waals surface area contributed by atoms with Gasteiger partial charge in [-0.05, 0) is 12.0 Å². The summed E-state index contributed by atoms with van der Waals surface area (Å²) in [5.41, 5.74) is 3.95. The van der Waals surface area contributed by atoms with E-state index in [0.717, 1.165) is 12.0 Å². The average molecular weight is 223 g/mol. The van der Waals surface area contributed by atoms with Crippen LogP contribution < -0.4 is 5.48 Å². The molecule has 0 bridgehead atoms. The van der Waals surface area contributed by atoms with E-state index in [0.29, 0.717) is 13.2 Å². The molecule has 1 aromatic rings. The molecule has 0 radical (unpaired) electrons. The molecular formula is C13H21NO2. The van der Waals surface area contributed by atoms with Crippen molar-refractivity contribution < 1.29 is 9.94 Å². The Hall–Kier alpha value is -0.900. The summed E-state index contributed by atoms with van der Waals surface area (Å²) in [4.78, 5) is 5.36. The lowest BCUT2D eigenvalue weighted by atomic mass is 9.89. The molecule has 0 aliphatic rings. The van der Waals surface area contributed by atoms with Gasteiger partial charge in [-0.15, -0.1) is 0 Å². The van der Waals surface area contributed by atoms with Crippen molar-refractivity contribution in [3.8, 4) is 0 Å². The Kier molecular flexibility index (Phi) is 5.46. The van der Waals surface area contributed by atoms with Crippen molar-refractivity contribution in [2.24, 2.45) is 5.41 Å². The second-order valence-corrected chi connectivity index (χ2v) is 4.42. The van der Waals surface area contributed by atoms with Gasteiger partial charge < -0.3 is 5.11 Å². The highest BCUT2D eigenvalue weighted by Gasteiger charge is 2.20. The molecule has 0 amide bonds. The van der Waals surface area contributed by atoms with Gasteiger partial charge in [-0.25, -0.2) is 5.48 Å². The minimum Gasteiger partial charge on any atom is -0.396 e. The summed E-state index contributed by atoms with van der Waals surface area (Å²) in [5, 5.41) is 9.21. The SMILES string of the molecule is CCC(C)(CO)CNOCc1ccccc1. The molecule has 1 atom stereocenters. The van der Waals surface area contributed by atoms with Crippen molar-refractivity contribution in [3.05, 3.63) is 35.9 Å². The number of aliphatic hydroxyl groups is 1. The van der Waals surface area contributed by atoms with Gasteiger partial charge in [0.2, 0.25) is 0 Å². The zero-order chi connectivity index (χ0) is 11.9. The Morgan fingerprint density at radius 1 is 1.31 bits per heavy atom. The van der Waals surface area contributed by atoms with Gasteiger partial charge in [0, 0.05) is 18.6 Å². The summed E-state index contributed by atoms with van der Waals surface area (Å²) < 4.78 is 0. The van der Waals surface area contributed by atoms with Crippen LogP contribution in [-0.2, 0) is 11.4 Å². The van der Waals surface area contributed by atoms with E-state index in [1.807, 2.05) is 37.3 Å². The lowest BCUT2D eigenvalue weighted by molar-refractivity contribution is -0.00605. The summed E-state index contributed by atoms with van der Waals surface area (Å²) in [6.45, 7) is 5.48. The van der Waals surface area contributed by atoms with Crippen LogP contribution in [-0.4, -0.2) is 18.3 Å². The molecule has 0 fully saturated rings. The first kappa shape index (κ1) is 13.2. The Bertz CT molecular complexity index is 283. The second-order valence-electron chi connectivity index (χ2n) is 4.42. The summed E-state index contributed by atoms with van der Waals surface area (Å²) in [5.74, 6) is 0. The second kappa shape index (κ2) is 6.63. The lowest BCUT2D eigenvalue weighted by Gasteiger charge is -2.25. The molecule has 2 N–H and O–H groups in total. The predicted octanol–water partition coefficient (Wildman–Crippen LogP) is 2.12. The Morgan fingerprint density at radius 3 is 2.56 bits per heavy atom. The summed E-state index contributed by atoms with van der Waals surface area (Å²) in [6, 6.07) is 10.0. The fraction of sp³-hybridized carbons (Fsp3) is 0.538. The van der Waals surface area contributed by atoms with Crippen molar-refractivity contribution in [1.29, 1.82) is 0 Å². The lowest BCUT2D eigenvalue weighted by Crippen LogP contribution is -2.34. The topological polar surface area (TPSA) is 41.5 Å². The quantitative estimate of drug-likeness (QED) is 0.549. The van der Waals surface area contributed by atoms with Crippen molar-refractivity contribution in [2.75, 3.05) is 13.2 Å². The Morgan fingerprint density at radius 2 is 2.00 bits per heavy atom. The molecule has 0 aliphatic carbocycles. The molecule has 3 nitrogen and oxygen atoms in total. The van der Waals surface area contributed by atoms with Gasteiger partial charge >= 0.3 is 0 Å². The molecule has 16 heavy (non-hydrogen) atoms. The van der Waals surface area contributed by atoms with E-state index in [-0.39, 0.29) is 12.0 Å². The highest BCUT2D eigenvalue weighted by Crippen LogP contribution is 2.18. The van der Waals surface area contributed by atoms with E-state index in [1.165, 1.54) is 0 Å². The standard InChI is InChI=1S/C13H21NO2/c1-3-13(2,11-15)10-14-16-9-12-7-5-4-6-8-12/h4-8,14-15H,3,9-11H2,1-2H3. The highest BCUT2D eigenvalue weighted by molar-refractivity contribution is 5.13. The first-order chi connectivity index (χ1) is 7.70. The third kappa shape index (κ3) is 4.31. The van der Waals surface area contributed by atoms with Crippen LogP contribution in [0.2, 0.25) is 0 Å². The molecule has 0 aliphatic heterocycles. The molecule has 0 aromatic heterocycles. The van der Waals surface area contributed by atoms with Crippen LogP contribution in [0.1, 0.15) is 25.8 Å². The van der Waals surface area contributed by atoms with Gasteiger partial charge in [0.25, 0.3) is 0 Å². The van der Waals surface area contributed by atoms with Gasteiger partial charge in [-0.1, -0.05) is 44.2 Å². The third-order valence-electron chi connectivity index (χ3n) is 2.92. The van der Waals surface area contributed by atoms with E-state index in [9.17, 15) is 5.11 Å². The van der Waals surface area contributed by atoms with Gasteiger partial charge in [-0.3, -0.25) is 4.84 Å². The van der Waals surface area contributed by atoms with Crippen LogP contribution in [0.3, 0.4) is 0 Å². The van der Waals surface area contributed by atoms with Crippen molar-refractivity contribution in [1.82, 2.24) is 5.48 Å². The molecule has 0 heterocycles. The number of rotatable bonds is 7. The molecule has 90 valence electrons. The molecular weight excluding hydrogens is 202 g/mol. The summed E-state index contributed by atoms with van der Waals surface area (Å²) >= 11 is 0. The summed E-state index contributed by atoms with van der Waals surface area (Å²) in [6.07, 6.45) is 0.922. The van der Waals surface area contributed by atoms with Crippen molar-refractivity contribution in [2.45, 2.75) is 26.9 Å². The minimum absolute atomic E-state index is 0.101. The van der Waals surface area contributed by atoms with E-state index in [4.69, 9.17) is 4.84 Å². The molecule has 1 unspecified atom stereocenters. The largest absolute Gasteiger partial charge is 0.396 e. The van der Waals surface area contributed by atoms with Gasteiger partial charge in [0.05, 0.1) is 6.61 Å². The van der Waals surface area contributed by atoms with Crippen molar-refractivity contribution >= 4 is 0 Å². The van der Waals surface area contributed by atoms with Crippen LogP contribution >= 0.6 is 0 Å². The first-order valence-corrected chi connectivity index (χ1v) is 5.69. The molecule has 0 spiro atoms. The minimum atomic E-state index is -0.101. The predicted molar refractivity (Wildman–Crippen MR) is 64.7 cm³/mol. The van der Waals surface area contributed by atoms with Crippen LogP contribution in [0.25, 0.3) is 0 Å². The summed E-state index contributed by atoms with van der Waals surface area (Å²) in [7, 11) is 0. The van der Waals surface area contributed by atoms with Gasteiger partial charge in [-0.2, -0.15) is 0 Å². The molecule has 0 saturated carbocycles. The maximum atomic E-state index is 9.21. The van der Waals surface area contributed by atoms with E-state index in [2.05, 4.69) is 12.4 Å². The normalized spacial score (nSPS) is 14.7. The monoisotopic (exact) mass is 223 g/mol. The van der Waals surface area contributed by atoms with E-state index in [1.54, 1.807) is 0 Å². The Labute approximate surface area is 97.4 Å².